The van der Waals surface area contributed by atoms with Gasteiger partial charge in [-0.1, -0.05) is 78.9 Å². The third kappa shape index (κ3) is 3.02. The molecule has 5 aromatic carbocycles. The van der Waals surface area contributed by atoms with Crippen molar-refractivity contribution in [1.82, 2.24) is 4.98 Å². The van der Waals surface area contributed by atoms with Crippen LogP contribution in [-0.2, 0) is 0 Å². The second kappa shape index (κ2) is 7.46. The van der Waals surface area contributed by atoms with Crippen LogP contribution in [0.1, 0.15) is 0 Å². The third-order valence-corrected chi connectivity index (χ3v) is 6.47. The highest BCUT2D eigenvalue weighted by atomic mass is 16.3. The molecule has 0 amide bonds. The smallest absolute Gasteiger partial charge is 0.227 e. The zero-order valence-corrected chi connectivity index (χ0v) is 18.3. The fraction of sp³-hybridized carbons (Fsp3) is 0. The van der Waals surface area contributed by atoms with Crippen LogP contribution in [0.3, 0.4) is 0 Å². The first-order valence-electron chi connectivity index (χ1n) is 11.4. The molecule has 7 aromatic rings. The van der Waals surface area contributed by atoms with Crippen molar-refractivity contribution in [3.63, 3.8) is 0 Å². The number of fused-ring (bicyclic) bond motifs is 6. The molecule has 3 nitrogen and oxygen atoms in total. The predicted octanol–water partition coefficient (Wildman–Crippen LogP) is 8.70. The number of benzene rings is 5. The number of nitrogens with one attached hydrogen (secondary N) is 1. The molecule has 0 saturated heterocycles. The number of para-hydroxylation sites is 1. The SMILES string of the molecule is c1cc(Nc2cnc3oc4ccccc4c3c2)cc(-c2cc3ccccc3c3ccccc23)c1. The summed E-state index contributed by atoms with van der Waals surface area (Å²) in [4.78, 5) is 4.54. The second-order valence-electron chi connectivity index (χ2n) is 8.57. The molecule has 0 fully saturated rings. The van der Waals surface area contributed by atoms with Gasteiger partial charge in [0.15, 0.2) is 0 Å². The molecule has 2 heterocycles. The molecule has 0 spiro atoms. The van der Waals surface area contributed by atoms with Gasteiger partial charge < -0.3 is 9.73 Å². The molecule has 0 aliphatic carbocycles. The van der Waals surface area contributed by atoms with E-state index >= 15 is 0 Å². The topological polar surface area (TPSA) is 38.1 Å². The molecule has 0 aliphatic rings. The Morgan fingerprint density at radius 3 is 2.24 bits per heavy atom. The molecule has 3 heteroatoms. The fourth-order valence-corrected chi connectivity index (χ4v) is 4.90. The Hall–Kier alpha value is -4.63. The Bertz CT molecular complexity index is 1850. The molecule has 160 valence electrons. The number of pyridine rings is 1. The molecule has 2 aromatic heterocycles. The Kier molecular flexibility index (Phi) is 4.15. The van der Waals surface area contributed by atoms with E-state index in [0.29, 0.717) is 5.71 Å². The van der Waals surface area contributed by atoms with Crippen molar-refractivity contribution in [1.29, 1.82) is 0 Å². The molecule has 34 heavy (non-hydrogen) atoms. The number of furan rings is 1. The minimum Gasteiger partial charge on any atom is -0.438 e. The van der Waals surface area contributed by atoms with Gasteiger partial charge >= 0.3 is 0 Å². The molecule has 0 bridgehead atoms. The highest BCUT2D eigenvalue weighted by Gasteiger charge is 2.11. The summed E-state index contributed by atoms with van der Waals surface area (Å²) in [5, 5.41) is 10.7. The van der Waals surface area contributed by atoms with Gasteiger partial charge in [-0.05, 0) is 63.0 Å². The molecule has 0 unspecified atom stereocenters. The van der Waals surface area contributed by atoms with E-state index in [1.165, 1.54) is 32.7 Å². The van der Waals surface area contributed by atoms with Gasteiger partial charge in [-0.3, -0.25) is 0 Å². The lowest BCUT2D eigenvalue weighted by atomic mass is 9.93. The first kappa shape index (κ1) is 18.9. The average molecular weight is 437 g/mol. The molecule has 0 saturated carbocycles. The first-order chi connectivity index (χ1) is 16.8. The van der Waals surface area contributed by atoms with Gasteiger partial charge in [-0.25, -0.2) is 4.98 Å². The van der Waals surface area contributed by atoms with Crippen LogP contribution in [0.15, 0.2) is 120 Å². The lowest BCUT2D eigenvalue weighted by molar-refractivity contribution is 0.654. The highest BCUT2D eigenvalue weighted by Crippen LogP contribution is 2.36. The van der Waals surface area contributed by atoms with Crippen LogP contribution in [0.5, 0.6) is 0 Å². The van der Waals surface area contributed by atoms with Crippen molar-refractivity contribution < 1.29 is 4.42 Å². The number of anilines is 2. The van der Waals surface area contributed by atoms with Crippen LogP contribution in [0.2, 0.25) is 0 Å². The number of aromatic nitrogens is 1. The van der Waals surface area contributed by atoms with Gasteiger partial charge in [0.05, 0.1) is 17.3 Å². The Morgan fingerprint density at radius 2 is 1.32 bits per heavy atom. The van der Waals surface area contributed by atoms with Crippen molar-refractivity contribution in [3.05, 3.63) is 115 Å². The van der Waals surface area contributed by atoms with E-state index in [1.807, 2.05) is 24.4 Å². The van der Waals surface area contributed by atoms with E-state index in [4.69, 9.17) is 4.42 Å². The van der Waals surface area contributed by atoms with Crippen LogP contribution in [-0.4, -0.2) is 4.98 Å². The van der Waals surface area contributed by atoms with Gasteiger partial charge in [0.25, 0.3) is 0 Å². The molecule has 1 N–H and O–H groups in total. The highest BCUT2D eigenvalue weighted by molar-refractivity contribution is 6.13. The van der Waals surface area contributed by atoms with Gasteiger partial charge in [-0.2, -0.15) is 0 Å². The number of hydrogen-bond acceptors (Lipinski definition) is 3. The van der Waals surface area contributed by atoms with Crippen LogP contribution in [0.4, 0.5) is 11.4 Å². The molecular weight excluding hydrogens is 416 g/mol. The average Bonchev–Trinajstić information content (AvgIpc) is 3.26. The van der Waals surface area contributed by atoms with E-state index in [9.17, 15) is 0 Å². The molecule has 0 atom stereocenters. The molecule has 7 rings (SSSR count). The minimum absolute atomic E-state index is 0.656. The quantitative estimate of drug-likeness (QED) is 0.282. The van der Waals surface area contributed by atoms with Crippen LogP contribution in [0, 0.1) is 0 Å². The summed E-state index contributed by atoms with van der Waals surface area (Å²) in [6, 6.07) is 38.2. The maximum Gasteiger partial charge on any atom is 0.227 e. The summed E-state index contributed by atoms with van der Waals surface area (Å²) in [5.41, 5.74) is 5.86. The van der Waals surface area contributed by atoms with Crippen molar-refractivity contribution >= 4 is 55.0 Å². The van der Waals surface area contributed by atoms with E-state index in [2.05, 4.69) is 101 Å². The Balaban J connectivity index is 1.33. The van der Waals surface area contributed by atoms with Gasteiger partial charge in [0.2, 0.25) is 5.71 Å². The normalized spacial score (nSPS) is 11.5. The van der Waals surface area contributed by atoms with Crippen LogP contribution in [0.25, 0.3) is 54.7 Å². The lowest BCUT2D eigenvalue weighted by Gasteiger charge is -2.13. The van der Waals surface area contributed by atoms with E-state index in [1.54, 1.807) is 0 Å². The zero-order valence-electron chi connectivity index (χ0n) is 18.3. The maximum absolute atomic E-state index is 5.87. The minimum atomic E-state index is 0.656. The van der Waals surface area contributed by atoms with Crippen LogP contribution >= 0.6 is 0 Å². The number of hydrogen-bond donors (Lipinski definition) is 1. The van der Waals surface area contributed by atoms with E-state index < -0.39 is 0 Å². The Labute approximate surface area is 196 Å². The summed E-state index contributed by atoms with van der Waals surface area (Å²) in [5.74, 6) is 0. The van der Waals surface area contributed by atoms with Gasteiger partial charge in [0.1, 0.15) is 5.58 Å². The molecule has 0 radical (unpaired) electrons. The maximum atomic E-state index is 5.87. The Morgan fingerprint density at radius 1 is 0.559 bits per heavy atom. The summed E-state index contributed by atoms with van der Waals surface area (Å²) in [6.45, 7) is 0. The largest absolute Gasteiger partial charge is 0.438 e. The number of nitrogens with zero attached hydrogens (tertiary/aromatic N) is 1. The lowest BCUT2D eigenvalue weighted by Crippen LogP contribution is -1.92. The van der Waals surface area contributed by atoms with Crippen molar-refractivity contribution in [3.8, 4) is 11.1 Å². The van der Waals surface area contributed by atoms with E-state index in [-0.39, 0.29) is 0 Å². The van der Waals surface area contributed by atoms with Gasteiger partial charge in [-0.15, -0.1) is 0 Å². The summed E-state index contributed by atoms with van der Waals surface area (Å²) >= 11 is 0. The summed E-state index contributed by atoms with van der Waals surface area (Å²) < 4.78 is 5.87. The van der Waals surface area contributed by atoms with Crippen molar-refractivity contribution in [2.45, 2.75) is 0 Å². The standard InChI is InChI=1S/C31H20N2O/c1-2-11-24-21(8-1)17-28(26-13-4-3-12-25(24)26)20-9-7-10-22(16-20)33-23-18-29-27-14-5-6-15-30(27)34-31(29)32-19-23/h1-19,33H. The van der Waals surface area contributed by atoms with E-state index in [0.717, 1.165) is 27.7 Å². The van der Waals surface area contributed by atoms with Gasteiger partial charge in [0, 0.05) is 11.1 Å². The summed E-state index contributed by atoms with van der Waals surface area (Å²) in [7, 11) is 0. The zero-order chi connectivity index (χ0) is 22.5. The number of rotatable bonds is 3. The van der Waals surface area contributed by atoms with Crippen LogP contribution < -0.4 is 5.32 Å². The second-order valence-corrected chi connectivity index (χ2v) is 8.57. The molecular formula is C31H20N2O. The monoisotopic (exact) mass is 436 g/mol. The van der Waals surface area contributed by atoms with Crippen molar-refractivity contribution in [2.75, 3.05) is 5.32 Å². The summed E-state index contributed by atoms with van der Waals surface area (Å²) in [6.07, 6.45) is 1.82. The first-order valence-corrected chi connectivity index (χ1v) is 11.4. The third-order valence-electron chi connectivity index (χ3n) is 6.47. The predicted molar refractivity (Wildman–Crippen MR) is 142 cm³/mol. The van der Waals surface area contributed by atoms with Crippen molar-refractivity contribution in [2.24, 2.45) is 0 Å². The fourth-order valence-electron chi connectivity index (χ4n) is 4.90. The molecule has 0 aliphatic heterocycles.